The van der Waals surface area contributed by atoms with Crippen molar-refractivity contribution in [3.05, 3.63) is 108 Å². The van der Waals surface area contributed by atoms with E-state index in [-0.39, 0.29) is 18.3 Å². The molecule has 0 aliphatic heterocycles. The van der Waals surface area contributed by atoms with E-state index < -0.39 is 6.04 Å². The first-order valence-corrected chi connectivity index (χ1v) is 9.86. The highest BCUT2D eigenvalue weighted by molar-refractivity contribution is 5.89. The Hall–Kier alpha value is -3.79. The van der Waals surface area contributed by atoms with Gasteiger partial charge in [0.15, 0.2) is 6.61 Å². The summed E-state index contributed by atoms with van der Waals surface area (Å²) < 4.78 is 5.60. The summed E-state index contributed by atoms with van der Waals surface area (Å²) in [6, 6.07) is 28.0. The fourth-order valence-corrected chi connectivity index (χ4v) is 3.54. The van der Waals surface area contributed by atoms with Gasteiger partial charge in [-0.3, -0.25) is 4.79 Å². The minimum Gasteiger partial charge on any atom is -0.508 e. The zero-order chi connectivity index (χ0) is 20.9. The molecule has 0 aliphatic carbocycles. The fourth-order valence-electron chi connectivity index (χ4n) is 3.54. The van der Waals surface area contributed by atoms with Crippen LogP contribution in [0, 0.1) is 6.92 Å². The molecule has 2 N–H and O–H groups in total. The number of hydrogen-bond donors (Lipinski definition) is 2. The number of phenols is 1. The average Bonchev–Trinajstić information content (AvgIpc) is 2.78. The minimum absolute atomic E-state index is 0.113. The summed E-state index contributed by atoms with van der Waals surface area (Å²) in [4.78, 5) is 12.8. The second-order valence-electron chi connectivity index (χ2n) is 7.23. The predicted octanol–water partition coefficient (Wildman–Crippen LogP) is 5.14. The topological polar surface area (TPSA) is 58.6 Å². The number of rotatable bonds is 6. The van der Waals surface area contributed by atoms with Crippen molar-refractivity contribution in [3.63, 3.8) is 0 Å². The Kier molecular flexibility index (Phi) is 5.66. The van der Waals surface area contributed by atoms with E-state index in [0.29, 0.717) is 11.3 Å². The molecule has 0 fully saturated rings. The molecule has 4 rings (SSSR count). The van der Waals surface area contributed by atoms with Crippen LogP contribution in [0.5, 0.6) is 11.5 Å². The van der Waals surface area contributed by atoms with Crippen molar-refractivity contribution >= 4 is 16.7 Å². The van der Waals surface area contributed by atoms with Gasteiger partial charge >= 0.3 is 0 Å². The van der Waals surface area contributed by atoms with Gasteiger partial charge in [0, 0.05) is 5.56 Å². The van der Waals surface area contributed by atoms with E-state index in [1.165, 1.54) is 0 Å². The first kappa shape index (κ1) is 19.5. The van der Waals surface area contributed by atoms with Gasteiger partial charge in [-0.05, 0) is 41.5 Å². The van der Waals surface area contributed by atoms with Crippen molar-refractivity contribution in [1.29, 1.82) is 0 Å². The van der Waals surface area contributed by atoms with Crippen LogP contribution in [0.3, 0.4) is 0 Å². The van der Waals surface area contributed by atoms with E-state index in [0.717, 1.165) is 21.9 Å². The van der Waals surface area contributed by atoms with E-state index in [1.54, 1.807) is 18.2 Å². The molecule has 4 aromatic rings. The standard InChI is InChI=1S/C26H23NO3/c1-18-11-13-20(14-12-18)26(27-24(29)17-30-21-8-3-2-4-9-21)25-22-10-6-5-7-19(22)15-16-23(25)28/h2-16,26,28H,17H2,1H3,(H,27,29)/t26-/m0/s1. The van der Waals surface area contributed by atoms with Crippen LogP contribution < -0.4 is 10.1 Å². The van der Waals surface area contributed by atoms with Crippen molar-refractivity contribution in [3.8, 4) is 11.5 Å². The average molecular weight is 397 g/mol. The van der Waals surface area contributed by atoms with Gasteiger partial charge in [-0.1, -0.05) is 78.4 Å². The van der Waals surface area contributed by atoms with Crippen LogP contribution in [0.2, 0.25) is 0 Å². The Morgan fingerprint density at radius 2 is 1.60 bits per heavy atom. The number of hydrogen-bond acceptors (Lipinski definition) is 3. The third-order valence-corrected chi connectivity index (χ3v) is 5.07. The number of phenolic OH excluding ortho intramolecular Hbond substituents is 1. The summed E-state index contributed by atoms with van der Waals surface area (Å²) in [5, 5.41) is 15.7. The first-order chi connectivity index (χ1) is 14.6. The van der Waals surface area contributed by atoms with Gasteiger partial charge in [-0.2, -0.15) is 0 Å². The Labute approximate surface area is 175 Å². The molecule has 0 heterocycles. The van der Waals surface area contributed by atoms with Crippen LogP contribution in [0.4, 0.5) is 0 Å². The normalized spacial score (nSPS) is 11.8. The highest BCUT2D eigenvalue weighted by atomic mass is 16.5. The number of carbonyl (C=O) groups is 1. The number of aryl methyl sites for hydroxylation is 1. The highest BCUT2D eigenvalue weighted by Crippen LogP contribution is 2.35. The lowest BCUT2D eigenvalue weighted by Gasteiger charge is -2.23. The van der Waals surface area contributed by atoms with Crippen molar-refractivity contribution in [2.75, 3.05) is 6.61 Å². The number of benzene rings is 4. The van der Waals surface area contributed by atoms with Gasteiger partial charge in [0.1, 0.15) is 11.5 Å². The molecule has 0 radical (unpaired) electrons. The molecule has 1 amide bonds. The molecule has 0 saturated heterocycles. The summed E-state index contributed by atoms with van der Waals surface area (Å²) in [6.07, 6.45) is 0. The minimum atomic E-state index is -0.511. The maximum atomic E-state index is 12.8. The first-order valence-electron chi connectivity index (χ1n) is 9.86. The van der Waals surface area contributed by atoms with Crippen LogP contribution in [-0.2, 0) is 4.79 Å². The zero-order valence-corrected chi connectivity index (χ0v) is 16.7. The third-order valence-electron chi connectivity index (χ3n) is 5.07. The molecule has 0 aromatic heterocycles. The lowest BCUT2D eigenvalue weighted by molar-refractivity contribution is -0.123. The molecular weight excluding hydrogens is 374 g/mol. The Balaban J connectivity index is 1.68. The smallest absolute Gasteiger partial charge is 0.258 e. The molecule has 0 spiro atoms. The molecule has 4 aromatic carbocycles. The SMILES string of the molecule is Cc1ccc([C@H](NC(=O)COc2ccccc2)c2c(O)ccc3ccccc23)cc1. The number of carbonyl (C=O) groups excluding carboxylic acids is 1. The van der Waals surface area contributed by atoms with E-state index in [9.17, 15) is 9.90 Å². The van der Waals surface area contributed by atoms with E-state index in [2.05, 4.69) is 5.32 Å². The number of amides is 1. The van der Waals surface area contributed by atoms with Crippen molar-refractivity contribution < 1.29 is 14.6 Å². The summed E-state index contributed by atoms with van der Waals surface area (Å²) >= 11 is 0. The van der Waals surface area contributed by atoms with Gasteiger partial charge in [0.2, 0.25) is 0 Å². The van der Waals surface area contributed by atoms with Crippen molar-refractivity contribution in [2.45, 2.75) is 13.0 Å². The van der Waals surface area contributed by atoms with Crippen LogP contribution in [0.25, 0.3) is 10.8 Å². The molecule has 0 unspecified atom stereocenters. The number of ether oxygens (including phenoxy) is 1. The van der Waals surface area contributed by atoms with Gasteiger partial charge in [-0.15, -0.1) is 0 Å². The molecule has 1 atom stereocenters. The number of fused-ring (bicyclic) bond motifs is 1. The number of para-hydroxylation sites is 1. The molecule has 4 nitrogen and oxygen atoms in total. The van der Waals surface area contributed by atoms with Crippen molar-refractivity contribution in [2.24, 2.45) is 0 Å². The third kappa shape index (κ3) is 4.28. The van der Waals surface area contributed by atoms with E-state index in [4.69, 9.17) is 4.74 Å². The van der Waals surface area contributed by atoms with E-state index in [1.807, 2.05) is 79.7 Å². The lowest BCUT2D eigenvalue weighted by atomic mass is 9.92. The molecular formula is C26H23NO3. The second-order valence-corrected chi connectivity index (χ2v) is 7.23. The second kappa shape index (κ2) is 8.70. The number of nitrogens with one attached hydrogen (secondary N) is 1. The largest absolute Gasteiger partial charge is 0.508 e. The van der Waals surface area contributed by atoms with Gasteiger partial charge in [0.25, 0.3) is 5.91 Å². The predicted molar refractivity (Wildman–Crippen MR) is 119 cm³/mol. The van der Waals surface area contributed by atoms with Crippen LogP contribution in [0.1, 0.15) is 22.7 Å². The Morgan fingerprint density at radius 1 is 0.900 bits per heavy atom. The summed E-state index contributed by atoms with van der Waals surface area (Å²) in [6.45, 7) is 1.90. The maximum absolute atomic E-state index is 12.8. The molecule has 4 heteroatoms. The van der Waals surface area contributed by atoms with Crippen molar-refractivity contribution in [1.82, 2.24) is 5.32 Å². The molecule has 150 valence electrons. The lowest BCUT2D eigenvalue weighted by Crippen LogP contribution is -2.33. The fraction of sp³-hybridized carbons (Fsp3) is 0.115. The van der Waals surface area contributed by atoms with Crippen LogP contribution in [-0.4, -0.2) is 17.6 Å². The molecule has 30 heavy (non-hydrogen) atoms. The van der Waals surface area contributed by atoms with E-state index >= 15 is 0 Å². The quantitative estimate of drug-likeness (QED) is 0.474. The van der Waals surface area contributed by atoms with Gasteiger partial charge < -0.3 is 15.2 Å². The maximum Gasteiger partial charge on any atom is 0.258 e. The summed E-state index contributed by atoms with van der Waals surface area (Å²) in [7, 11) is 0. The zero-order valence-electron chi connectivity index (χ0n) is 16.7. The van der Waals surface area contributed by atoms with Gasteiger partial charge in [0.05, 0.1) is 6.04 Å². The Bertz CT molecular complexity index is 1150. The Morgan fingerprint density at radius 3 is 2.37 bits per heavy atom. The monoisotopic (exact) mass is 397 g/mol. The number of aromatic hydroxyl groups is 1. The van der Waals surface area contributed by atoms with Gasteiger partial charge in [-0.25, -0.2) is 0 Å². The summed E-state index contributed by atoms with van der Waals surface area (Å²) in [5.41, 5.74) is 2.68. The molecule has 0 bridgehead atoms. The van der Waals surface area contributed by atoms with Crippen LogP contribution >= 0.6 is 0 Å². The summed E-state index contributed by atoms with van der Waals surface area (Å²) in [5.74, 6) is 0.507. The molecule has 0 saturated carbocycles. The molecule has 0 aliphatic rings. The van der Waals surface area contributed by atoms with Crippen LogP contribution in [0.15, 0.2) is 91.0 Å². The highest BCUT2D eigenvalue weighted by Gasteiger charge is 2.22.